The Kier molecular flexibility index (Phi) is 6.44. The topological polar surface area (TPSA) is 88.9 Å². The molecule has 2 amide bonds. The summed E-state index contributed by atoms with van der Waals surface area (Å²) in [4.78, 5) is 33.3. The summed E-state index contributed by atoms with van der Waals surface area (Å²) in [6.45, 7) is 0. The third kappa shape index (κ3) is 5.39. The number of nitrogens with one attached hydrogen (secondary N) is 2. The molecule has 2 aromatic heterocycles. The molecule has 0 saturated heterocycles. The standard InChI is InChI=1S/C22H19N5O2S2/c1-27-12-11-23-22(27)31-14-19(28)24-17-9-7-16(8-10-17)20(29)26-21-25-18(13-30-21)15-5-3-2-4-6-15/h2-13H,14H2,1H3,(H,24,28)(H,25,26,29). The number of carbonyl (C=O) groups excluding carboxylic acids is 2. The summed E-state index contributed by atoms with van der Waals surface area (Å²) in [5, 5.41) is 8.86. The predicted octanol–water partition coefficient (Wildman–Crippen LogP) is 4.53. The van der Waals surface area contributed by atoms with Crippen LogP contribution in [0.4, 0.5) is 10.8 Å². The number of hydrogen-bond acceptors (Lipinski definition) is 6. The molecule has 2 aromatic carbocycles. The molecule has 156 valence electrons. The molecule has 4 rings (SSSR count). The maximum atomic E-state index is 12.5. The number of benzene rings is 2. The van der Waals surface area contributed by atoms with Crippen molar-refractivity contribution in [3.63, 3.8) is 0 Å². The summed E-state index contributed by atoms with van der Waals surface area (Å²) in [6.07, 6.45) is 3.52. The summed E-state index contributed by atoms with van der Waals surface area (Å²) in [6, 6.07) is 16.5. The fourth-order valence-corrected chi connectivity index (χ4v) is 4.21. The van der Waals surface area contributed by atoms with Crippen LogP contribution in [0, 0.1) is 0 Å². The summed E-state index contributed by atoms with van der Waals surface area (Å²) >= 11 is 2.74. The lowest BCUT2D eigenvalue weighted by molar-refractivity contribution is -0.113. The van der Waals surface area contributed by atoms with E-state index in [0.29, 0.717) is 16.4 Å². The SMILES string of the molecule is Cn1ccnc1SCC(=O)Nc1ccc(C(=O)Nc2nc(-c3ccccc3)cs2)cc1. The average Bonchev–Trinajstić information content (AvgIpc) is 3.42. The monoisotopic (exact) mass is 449 g/mol. The van der Waals surface area contributed by atoms with Gasteiger partial charge in [-0.05, 0) is 24.3 Å². The van der Waals surface area contributed by atoms with Crippen LogP contribution < -0.4 is 10.6 Å². The zero-order valence-corrected chi connectivity index (χ0v) is 18.2. The van der Waals surface area contributed by atoms with E-state index in [9.17, 15) is 9.59 Å². The van der Waals surface area contributed by atoms with Crippen molar-refractivity contribution in [3.8, 4) is 11.3 Å². The van der Waals surface area contributed by atoms with Crippen LogP contribution in [0.25, 0.3) is 11.3 Å². The first-order chi connectivity index (χ1) is 15.1. The third-order valence-electron chi connectivity index (χ3n) is 4.33. The van der Waals surface area contributed by atoms with Crippen molar-refractivity contribution in [1.29, 1.82) is 0 Å². The molecule has 2 heterocycles. The Hall–Kier alpha value is -3.43. The van der Waals surface area contributed by atoms with E-state index in [1.165, 1.54) is 23.1 Å². The van der Waals surface area contributed by atoms with Gasteiger partial charge in [0, 0.05) is 41.6 Å². The third-order valence-corrected chi connectivity index (χ3v) is 6.15. The van der Waals surface area contributed by atoms with Gasteiger partial charge in [0.1, 0.15) is 0 Å². The molecule has 0 fully saturated rings. The van der Waals surface area contributed by atoms with Gasteiger partial charge in [-0.2, -0.15) is 0 Å². The van der Waals surface area contributed by atoms with E-state index in [-0.39, 0.29) is 17.6 Å². The van der Waals surface area contributed by atoms with Crippen LogP contribution in [-0.2, 0) is 11.8 Å². The first kappa shape index (κ1) is 20.8. The Labute approximate surface area is 187 Å². The highest BCUT2D eigenvalue weighted by Gasteiger charge is 2.11. The van der Waals surface area contributed by atoms with Crippen LogP contribution in [0.2, 0.25) is 0 Å². The molecule has 0 radical (unpaired) electrons. The molecule has 9 heteroatoms. The van der Waals surface area contributed by atoms with E-state index in [4.69, 9.17) is 0 Å². The number of carbonyl (C=O) groups is 2. The van der Waals surface area contributed by atoms with E-state index in [0.717, 1.165) is 16.4 Å². The van der Waals surface area contributed by atoms with E-state index in [1.807, 2.05) is 53.5 Å². The van der Waals surface area contributed by atoms with Crippen LogP contribution in [0.15, 0.2) is 77.5 Å². The zero-order valence-electron chi connectivity index (χ0n) is 16.6. The van der Waals surface area contributed by atoms with Crippen molar-refractivity contribution in [2.24, 2.45) is 7.05 Å². The molecule has 7 nitrogen and oxygen atoms in total. The van der Waals surface area contributed by atoms with Crippen molar-refractivity contribution < 1.29 is 9.59 Å². The number of thioether (sulfide) groups is 1. The van der Waals surface area contributed by atoms with E-state index in [2.05, 4.69) is 20.6 Å². The van der Waals surface area contributed by atoms with Crippen molar-refractivity contribution in [2.75, 3.05) is 16.4 Å². The number of aromatic nitrogens is 3. The number of imidazole rings is 1. The van der Waals surface area contributed by atoms with Crippen LogP contribution >= 0.6 is 23.1 Å². The maximum Gasteiger partial charge on any atom is 0.257 e. The Morgan fingerprint density at radius 1 is 1.06 bits per heavy atom. The minimum atomic E-state index is -0.253. The van der Waals surface area contributed by atoms with Crippen molar-refractivity contribution in [1.82, 2.24) is 14.5 Å². The first-order valence-corrected chi connectivity index (χ1v) is 11.3. The fraction of sp³-hybridized carbons (Fsp3) is 0.0909. The number of thiazole rings is 1. The number of nitrogens with zero attached hydrogens (tertiary/aromatic N) is 3. The van der Waals surface area contributed by atoms with Gasteiger partial charge in [0.15, 0.2) is 10.3 Å². The summed E-state index contributed by atoms with van der Waals surface area (Å²) in [5.41, 5.74) is 2.93. The van der Waals surface area contributed by atoms with Gasteiger partial charge in [0.05, 0.1) is 11.4 Å². The molecule has 0 bridgehead atoms. The number of rotatable bonds is 7. The van der Waals surface area contributed by atoms with Crippen LogP contribution in [0.1, 0.15) is 10.4 Å². The lowest BCUT2D eigenvalue weighted by Gasteiger charge is -2.07. The summed E-state index contributed by atoms with van der Waals surface area (Å²) in [7, 11) is 1.88. The highest BCUT2D eigenvalue weighted by molar-refractivity contribution is 7.99. The average molecular weight is 450 g/mol. The second-order valence-corrected chi connectivity index (χ2v) is 8.39. The molecule has 0 saturated carbocycles. The van der Waals surface area contributed by atoms with E-state index in [1.54, 1.807) is 30.5 Å². The molecule has 31 heavy (non-hydrogen) atoms. The van der Waals surface area contributed by atoms with Gasteiger partial charge in [-0.15, -0.1) is 11.3 Å². The molecular weight excluding hydrogens is 430 g/mol. The van der Waals surface area contributed by atoms with Crippen LogP contribution in [0.5, 0.6) is 0 Å². The van der Waals surface area contributed by atoms with E-state index >= 15 is 0 Å². The zero-order chi connectivity index (χ0) is 21.6. The quantitative estimate of drug-likeness (QED) is 0.405. The largest absolute Gasteiger partial charge is 0.329 e. The summed E-state index contributed by atoms with van der Waals surface area (Å²) in [5.74, 6) is -0.139. The highest BCUT2D eigenvalue weighted by Crippen LogP contribution is 2.25. The van der Waals surface area contributed by atoms with Gasteiger partial charge in [-0.25, -0.2) is 9.97 Å². The predicted molar refractivity (Wildman–Crippen MR) is 125 cm³/mol. The minimum absolute atomic E-state index is 0.138. The van der Waals surface area contributed by atoms with Crippen LogP contribution in [-0.4, -0.2) is 32.1 Å². The molecule has 4 aromatic rings. The van der Waals surface area contributed by atoms with Crippen LogP contribution in [0.3, 0.4) is 0 Å². The van der Waals surface area contributed by atoms with Gasteiger partial charge in [-0.1, -0.05) is 42.1 Å². The molecular formula is C22H19N5O2S2. The maximum absolute atomic E-state index is 12.5. The number of hydrogen-bond donors (Lipinski definition) is 2. The molecule has 0 atom stereocenters. The van der Waals surface area contributed by atoms with Gasteiger partial charge in [0.2, 0.25) is 5.91 Å². The molecule has 0 unspecified atom stereocenters. The molecule has 0 aliphatic heterocycles. The second kappa shape index (κ2) is 9.59. The van der Waals surface area contributed by atoms with Gasteiger partial charge in [0.25, 0.3) is 5.91 Å². The van der Waals surface area contributed by atoms with Crippen molar-refractivity contribution in [2.45, 2.75) is 5.16 Å². The Morgan fingerprint density at radius 2 is 1.84 bits per heavy atom. The van der Waals surface area contributed by atoms with Crippen molar-refractivity contribution >= 4 is 45.7 Å². The fourth-order valence-electron chi connectivity index (χ4n) is 2.77. The molecule has 0 spiro atoms. The second-order valence-electron chi connectivity index (χ2n) is 6.59. The van der Waals surface area contributed by atoms with Gasteiger partial charge < -0.3 is 9.88 Å². The van der Waals surface area contributed by atoms with E-state index < -0.39 is 0 Å². The lowest BCUT2D eigenvalue weighted by atomic mass is 10.2. The number of anilines is 2. The Balaban J connectivity index is 1.31. The van der Waals surface area contributed by atoms with Gasteiger partial charge >= 0.3 is 0 Å². The Bertz CT molecular complexity index is 1190. The van der Waals surface area contributed by atoms with Gasteiger partial charge in [-0.3, -0.25) is 14.9 Å². The first-order valence-electron chi connectivity index (χ1n) is 9.41. The minimum Gasteiger partial charge on any atom is -0.329 e. The number of aryl methyl sites for hydroxylation is 1. The molecule has 0 aliphatic rings. The lowest BCUT2D eigenvalue weighted by Crippen LogP contribution is -2.15. The normalized spacial score (nSPS) is 10.6. The highest BCUT2D eigenvalue weighted by atomic mass is 32.2. The molecule has 0 aliphatic carbocycles. The summed E-state index contributed by atoms with van der Waals surface area (Å²) < 4.78 is 1.86. The smallest absolute Gasteiger partial charge is 0.257 e. The Morgan fingerprint density at radius 3 is 2.55 bits per heavy atom. The molecule has 2 N–H and O–H groups in total. The number of amides is 2. The van der Waals surface area contributed by atoms with Crippen molar-refractivity contribution in [3.05, 3.63) is 77.9 Å².